The van der Waals surface area contributed by atoms with Crippen LogP contribution in [0, 0.1) is 6.92 Å². The molecule has 4 aromatic rings. The van der Waals surface area contributed by atoms with Crippen LogP contribution in [0.4, 0.5) is 5.69 Å². The van der Waals surface area contributed by atoms with Gasteiger partial charge in [0.15, 0.2) is 5.43 Å². The number of benzene rings is 3. The molecule has 1 aromatic heterocycles. The van der Waals surface area contributed by atoms with Crippen LogP contribution in [0.5, 0.6) is 5.75 Å². The molecule has 1 amide bonds. The molecule has 0 spiro atoms. The number of carbonyl (C=O) groups is 1. The van der Waals surface area contributed by atoms with Gasteiger partial charge in [-0.25, -0.2) is 0 Å². The molecule has 0 saturated heterocycles. The summed E-state index contributed by atoms with van der Waals surface area (Å²) >= 11 is 3.43. The molecule has 0 radical (unpaired) electrons. The first kappa shape index (κ1) is 20.5. The van der Waals surface area contributed by atoms with Crippen LogP contribution in [0.1, 0.15) is 40.2 Å². The normalized spacial score (nSPS) is 15.3. The van der Waals surface area contributed by atoms with E-state index >= 15 is 0 Å². The second-order valence-electron chi connectivity index (χ2n) is 7.73. The van der Waals surface area contributed by atoms with E-state index in [4.69, 9.17) is 9.15 Å². The molecule has 0 aliphatic carbocycles. The van der Waals surface area contributed by atoms with E-state index in [0.717, 1.165) is 21.3 Å². The highest BCUT2D eigenvalue weighted by Crippen LogP contribution is 2.41. The maximum atomic E-state index is 13.6. The van der Waals surface area contributed by atoms with Gasteiger partial charge in [0.1, 0.15) is 11.3 Å². The molecular formula is C26H20BrNO4. The summed E-state index contributed by atoms with van der Waals surface area (Å²) in [6.45, 7) is 4.45. The van der Waals surface area contributed by atoms with Gasteiger partial charge < -0.3 is 9.15 Å². The van der Waals surface area contributed by atoms with Gasteiger partial charge in [-0.3, -0.25) is 14.5 Å². The third kappa shape index (κ3) is 3.31. The molecule has 1 unspecified atom stereocenters. The molecule has 0 saturated carbocycles. The number of carbonyl (C=O) groups excluding carboxylic acids is 1. The smallest absolute Gasteiger partial charge is 0.295 e. The largest absolute Gasteiger partial charge is 0.494 e. The molecule has 1 aliphatic heterocycles. The summed E-state index contributed by atoms with van der Waals surface area (Å²) in [6, 6.07) is 19.8. The van der Waals surface area contributed by atoms with Crippen molar-refractivity contribution in [1.82, 2.24) is 0 Å². The third-order valence-corrected chi connectivity index (χ3v) is 6.11. The van der Waals surface area contributed by atoms with Crippen LogP contribution < -0.4 is 15.1 Å². The van der Waals surface area contributed by atoms with Crippen LogP contribution in [0.25, 0.3) is 11.0 Å². The Morgan fingerprint density at radius 3 is 2.53 bits per heavy atom. The van der Waals surface area contributed by atoms with Gasteiger partial charge in [-0.2, -0.15) is 0 Å². The Balaban J connectivity index is 1.77. The fourth-order valence-corrected chi connectivity index (χ4v) is 4.58. The number of ether oxygens (including phenoxy) is 1. The van der Waals surface area contributed by atoms with Crippen molar-refractivity contribution in [3.8, 4) is 5.75 Å². The molecule has 6 heteroatoms. The van der Waals surface area contributed by atoms with Crippen LogP contribution >= 0.6 is 15.9 Å². The number of hydrogen-bond acceptors (Lipinski definition) is 4. The van der Waals surface area contributed by atoms with Crippen molar-refractivity contribution in [3.05, 3.63) is 104 Å². The molecule has 1 aliphatic rings. The summed E-state index contributed by atoms with van der Waals surface area (Å²) < 4.78 is 12.4. The van der Waals surface area contributed by atoms with E-state index in [2.05, 4.69) is 15.9 Å². The third-order valence-electron chi connectivity index (χ3n) is 5.62. The Morgan fingerprint density at radius 1 is 1.03 bits per heavy atom. The SMILES string of the molecule is CCOc1ccc(C2c3c(oc4ccc(Br)cc4c3=O)C(=O)N2c2cccc(C)c2)cc1. The number of nitrogens with zero attached hydrogens (tertiary/aromatic N) is 1. The summed E-state index contributed by atoms with van der Waals surface area (Å²) in [5.41, 5.74) is 3.08. The van der Waals surface area contributed by atoms with Crippen molar-refractivity contribution in [2.45, 2.75) is 19.9 Å². The first-order chi connectivity index (χ1) is 15.5. The lowest BCUT2D eigenvalue weighted by Gasteiger charge is -2.25. The van der Waals surface area contributed by atoms with Crippen LogP contribution in [0.2, 0.25) is 0 Å². The van der Waals surface area contributed by atoms with Gasteiger partial charge in [0, 0.05) is 10.2 Å². The predicted octanol–water partition coefficient (Wildman–Crippen LogP) is 6.01. The van der Waals surface area contributed by atoms with Crippen LogP contribution in [-0.2, 0) is 0 Å². The van der Waals surface area contributed by atoms with Gasteiger partial charge in [-0.1, -0.05) is 40.2 Å². The number of amides is 1. The highest BCUT2D eigenvalue weighted by atomic mass is 79.9. The van der Waals surface area contributed by atoms with E-state index in [1.165, 1.54) is 0 Å². The minimum absolute atomic E-state index is 0.0882. The Kier molecular flexibility index (Phi) is 5.10. The van der Waals surface area contributed by atoms with Gasteiger partial charge in [-0.15, -0.1) is 0 Å². The van der Waals surface area contributed by atoms with Gasteiger partial charge in [0.2, 0.25) is 5.76 Å². The molecular weight excluding hydrogens is 470 g/mol. The van der Waals surface area contributed by atoms with E-state index in [-0.39, 0.29) is 17.1 Å². The highest BCUT2D eigenvalue weighted by Gasteiger charge is 2.43. The second-order valence-corrected chi connectivity index (χ2v) is 8.65. The van der Waals surface area contributed by atoms with Crippen molar-refractivity contribution in [1.29, 1.82) is 0 Å². The van der Waals surface area contributed by atoms with Crippen molar-refractivity contribution in [2.24, 2.45) is 0 Å². The molecule has 0 N–H and O–H groups in total. The summed E-state index contributed by atoms with van der Waals surface area (Å²) in [7, 11) is 0. The lowest BCUT2D eigenvalue weighted by molar-refractivity contribution is 0.0971. The molecule has 5 nitrogen and oxygen atoms in total. The number of rotatable bonds is 4. The Bertz CT molecular complexity index is 1410. The summed E-state index contributed by atoms with van der Waals surface area (Å²) in [6.07, 6.45) is 0. The number of hydrogen-bond donors (Lipinski definition) is 0. The van der Waals surface area contributed by atoms with Crippen molar-refractivity contribution < 1.29 is 13.9 Å². The summed E-state index contributed by atoms with van der Waals surface area (Å²) in [4.78, 5) is 28.9. The topological polar surface area (TPSA) is 59.8 Å². The lowest BCUT2D eigenvalue weighted by Crippen LogP contribution is -2.29. The Labute approximate surface area is 193 Å². The maximum Gasteiger partial charge on any atom is 0.295 e. The minimum Gasteiger partial charge on any atom is -0.494 e. The summed E-state index contributed by atoms with van der Waals surface area (Å²) in [5.74, 6) is 0.494. The predicted molar refractivity (Wildman–Crippen MR) is 128 cm³/mol. The Hall–Kier alpha value is -3.38. The zero-order valence-corrected chi connectivity index (χ0v) is 19.2. The Morgan fingerprint density at radius 2 is 1.81 bits per heavy atom. The minimum atomic E-state index is -0.602. The van der Waals surface area contributed by atoms with Crippen LogP contribution in [0.15, 0.2) is 80.4 Å². The first-order valence-electron chi connectivity index (χ1n) is 10.4. The zero-order valence-electron chi connectivity index (χ0n) is 17.6. The first-order valence-corrected chi connectivity index (χ1v) is 11.2. The van der Waals surface area contributed by atoms with Gasteiger partial charge in [0.05, 0.1) is 23.6 Å². The zero-order chi connectivity index (χ0) is 22.4. The van der Waals surface area contributed by atoms with E-state index in [9.17, 15) is 9.59 Å². The fourth-order valence-electron chi connectivity index (χ4n) is 4.22. The van der Waals surface area contributed by atoms with E-state index in [1.54, 1.807) is 23.1 Å². The van der Waals surface area contributed by atoms with Gasteiger partial charge in [0.25, 0.3) is 5.91 Å². The van der Waals surface area contributed by atoms with Crippen LogP contribution in [-0.4, -0.2) is 12.5 Å². The monoisotopic (exact) mass is 489 g/mol. The number of anilines is 1. The second kappa shape index (κ2) is 7.95. The number of fused-ring (bicyclic) bond motifs is 2. The molecule has 160 valence electrons. The van der Waals surface area contributed by atoms with E-state index in [0.29, 0.717) is 28.8 Å². The number of halogens is 1. The number of aryl methyl sites for hydroxylation is 1. The van der Waals surface area contributed by atoms with E-state index < -0.39 is 6.04 Å². The molecule has 2 heterocycles. The molecule has 5 rings (SSSR count). The van der Waals surface area contributed by atoms with Gasteiger partial charge >= 0.3 is 0 Å². The fraction of sp³-hybridized carbons (Fsp3) is 0.154. The average molecular weight is 490 g/mol. The molecule has 3 aromatic carbocycles. The average Bonchev–Trinajstić information content (AvgIpc) is 3.08. The highest BCUT2D eigenvalue weighted by molar-refractivity contribution is 9.10. The van der Waals surface area contributed by atoms with Crippen molar-refractivity contribution in [3.63, 3.8) is 0 Å². The molecule has 0 bridgehead atoms. The lowest BCUT2D eigenvalue weighted by atomic mass is 9.98. The van der Waals surface area contributed by atoms with Crippen LogP contribution in [0.3, 0.4) is 0 Å². The maximum absolute atomic E-state index is 13.6. The van der Waals surface area contributed by atoms with Crippen molar-refractivity contribution >= 4 is 38.5 Å². The van der Waals surface area contributed by atoms with Gasteiger partial charge in [-0.05, 0) is 67.4 Å². The molecule has 32 heavy (non-hydrogen) atoms. The van der Waals surface area contributed by atoms with E-state index in [1.807, 2.05) is 62.4 Å². The molecule has 0 fully saturated rings. The standard InChI is InChI=1S/C26H20BrNO4/c1-3-31-19-10-7-16(8-11-19)23-22-24(29)20-14-17(27)9-12-21(20)32-25(22)26(30)28(23)18-6-4-5-15(2)13-18/h4-14,23H,3H2,1-2H3. The molecule has 1 atom stereocenters. The van der Waals surface area contributed by atoms with Crippen molar-refractivity contribution in [2.75, 3.05) is 11.5 Å². The summed E-state index contributed by atoms with van der Waals surface area (Å²) in [5, 5.41) is 0.438. The quantitative estimate of drug-likeness (QED) is 0.352.